The predicted molar refractivity (Wildman–Crippen MR) is 63.4 cm³/mol. The molecule has 0 aliphatic heterocycles. The molecule has 0 radical (unpaired) electrons. The molecular formula is C11H12ClNOS. The van der Waals surface area contributed by atoms with Crippen molar-refractivity contribution in [2.24, 2.45) is 5.73 Å². The Balaban J connectivity index is 2.14. The molecule has 2 N–H and O–H groups in total. The van der Waals surface area contributed by atoms with Crippen LogP contribution in [0.3, 0.4) is 0 Å². The van der Waals surface area contributed by atoms with Crippen LogP contribution in [-0.2, 0) is 6.42 Å². The highest BCUT2D eigenvalue weighted by Crippen LogP contribution is 2.32. The van der Waals surface area contributed by atoms with Crippen molar-refractivity contribution in [1.29, 1.82) is 0 Å². The minimum Gasteiger partial charge on any atom is -0.469 e. The van der Waals surface area contributed by atoms with Crippen LogP contribution in [0.25, 0.3) is 0 Å². The summed E-state index contributed by atoms with van der Waals surface area (Å²) in [5, 5.41) is 2.82. The van der Waals surface area contributed by atoms with E-state index in [-0.39, 0.29) is 6.04 Å². The van der Waals surface area contributed by atoms with Crippen molar-refractivity contribution < 1.29 is 4.42 Å². The number of rotatable bonds is 3. The Morgan fingerprint density at radius 2 is 2.40 bits per heavy atom. The molecule has 1 unspecified atom stereocenters. The van der Waals surface area contributed by atoms with Gasteiger partial charge in [0.25, 0.3) is 0 Å². The van der Waals surface area contributed by atoms with E-state index in [2.05, 4.69) is 0 Å². The van der Waals surface area contributed by atoms with Crippen LogP contribution in [0.1, 0.15) is 22.2 Å². The van der Waals surface area contributed by atoms with Gasteiger partial charge in [0.2, 0.25) is 0 Å². The van der Waals surface area contributed by atoms with Crippen molar-refractivity contribution in [1.82, 2.24) is 0 Å². The monoisotopic (exact) mass is 241 g/mol. The Morgan fingerprint density at radius 3 is 2.93 bits per heavy atom. The Kier molecular flexibility index (Phi) is 3.14. The standard InChI is InChI=1S/C11H12ClNOS/c1-7-6-15-11(10(7)12)9(13)5-8-3-2-4-14-8/h2-4,6,9H,5,13H2,1H3. The fourth-order valence-corrected chi connectivity index (χ4v) is 2.78. The molecule has 2 heterocycles. The van der Waals surface area contributed by atoms with E-state index in [4.69, 9.17) is 21.8 Å². The minimum absolute atomic E-state index is 0.0812. The van der Waals surface area contributed by atoms with Crippen LogP contribution < -0.4 is 5.73 Å². The smallest absolute Gasteiger partial charge is 0.105 e. The van der Waals surface area contributed by atoms with Crippen molar-refractivity contribution in [3.63, 3.8) is 0 Å². The zero-order valence-electron chi connectivity index (χ0n) is 8.37. The third-order valence-corrected chi connectivity index (χ3v) is 4.11. The van der Waals surface area contributed by atoms with Crippen LogP contribution in [0.2, 0.25) is 5.02 Å². The molecule has 0 bridgehead atoms. The molecule has 0 aromatic carbocycles. The van der Waals surface area contributed by atoms with Crippen LogP contribution in [0.5, 0.6) is 0 Å². The van der Waals surface area contributed by atoms with Crippen LogP contribution >= 0.6 is 22.9 Å². The van der Waals surface area contributed by atoms with Gasteiger partial charge in [-0.2, -0.15) is 0 Å². The maximum Gasteiger partial charge on any atom is 0.105 e. The van der Waals surface area contributed by atoms with Crippen molar-refractivity contribution in [2.45, 2.75) is 19.4 Å². The van der Waals surface area contributed by atoms with Gasteiger partial charge < -0.3 is 10.2 Å². The first-order chi connectivity index (χ1) is 7.18. The summed E-state index contributed by atoms with van der Waals surface area (Å²) in [5.41, 5.74) is 7.16. The van der Waals surface area contributed by atoms with Crippen molar-refractivity contribution in [3.05, 3.63) is 45.0 Å². The van der Waals surface area contributed by atoms with E-state index in [0.717, 1.165) is 21.2 Å². The first kappa shape index (κ1) is 10.7. The second-order valence-electron chi connectivity index (χ2n) is 3.49. The number of hydrogen-bond donors (Lipinski definition) is 1. The lowest BCUT2D eigenvalue weighted by Crippen LogP contribution is -2.11. The molecule has 80 valence electrons. The highest BCUT2D eigenvalue weighted by Gasteiger charge is 2.15. The zero-order chi connectivity index (χ0) is 10.8. The summed E-state index contributed by atoms with van der Waals surface area (Å²) < 4.78 is 5.25. The molecular weight excluding hydrogens is 230 g/mol. The van der Waals surface area contributed by atoms with Crippen LogP contribution in [0, 0.1) is 6.92 Å². The summed E-state index contributed by atoms with van der Waals surface area (Å²) in [6.45, 7) is 1.99. The molecule has 0 fully saturated rings. The average Bonchev–Trinajstić information content (AvgIpc) is 2.79. The lowest BCUT2D eigenvalue weighted by molar-refractivity contribution is 0.490. The molecule has 0 amide bonds. The normalized spacial score (nSPS) is 13.0. The van der Waals surface area contributed by atoms with Gasteiger partial charge in [-0.25, -0.2) is 0 Å². The highest BCUT2D eigenvalue weighted by atomic mass is 35.5. The maximum atomic E-state index is 6.14. The topological polar surface area (TPSA) is 39.2 Å². The lowest BCUT2D eigenvalue weighted by atomic mass is 10.1. The first-order valence-corrected chi connectivity index (χ1v) is 5.95. The van der Waals surface area contributed by atoms with Gasteiger partial charge in [-0.3, -0.25) is 0 Å². The predicted octanol–water partition coefficient (Wildman–Crippen LogP) is 3.55. The zero-order valence-corrected chi connectivity index (χ0v) is 9.94. The third kappa shape index (κ3) is 2.25. The van der Waals surface area contributed by atoms with Gasteiger partial charge in [-0.05, 0) is 30.0 Å². The van der Waals surface area contributed by atoms with E-state index in [1.807, 2.05) is 24.4 Å². The molecule has 15 heavy (non-hydrogen) atoms. The second-order valence-corrected chi connectivity index (χ2v) is 4.78. The highest BCUT2D eigenvalue weighted by molar-refractivity contribution is 7.10. The molecule has 2 aromatic rings. The quantitative estimate of drug-likeness (QED) is 0.893. The number of hydrogen-bond acceptors (Lipinski definition) is 3. The van der Waals surface area contributed by atoms with Crippen molar-refractivity contribution >= 4 is 22.9 Å². The van der Waals surface area contributed by atoms with Gasteiger partial charge >= 0.3 is 0 Å². The van der Waals surface area contributed by atoms with Crippen molar-refractivity contribution in [2.75, 3.05) is 0 Å². The van der Waals surface area contributed by atoms with Gasteiger partial charge in [-0.15, -0.1) is 11.3 Å². The summed E-state index contributed by atoms with van der Waals surface area (Å²) in [4.78, 5) is 1.03. The fourth-order valence-electron chi connectivity index (χ4n) is 1.44. The Bertz CT molecular complexity index is 435. The summed E-state index contributed by atoms with van der Waals surface area (Å²) in [7, 11) is 0. The second kappa shape index (κ2) is 4.39. The Morgan fingerprint density at radius 1 is 1.60 bits per heavy atom. The SMILES string of the molecule is Cc1csc(C(N)Cc2ccco2)c1Cl. The maximum absolute atomic E-state index is 6.14. The molecule has 4 heteroatoms. The third-order valence-electron chi connectivity index (χ3n) is 2.26. The molecule has 2 rings (SSSR count). The van der Waals surface area contributed by atoms with Gasteiger partial charge in [0, 0.05) is 17.3 Å². The first-order valence-electron chi connectivity index (χ1n) is 4.70. The minimum atomic E-state index is -0.0812. The fraction of sp³-hybridized carbons (Fsp3) is 0.273. The largest absolute Gasteiger partial charge is 0.469 e. The average molecular weight is 242 g/mol. The van der Waals surface area contributed by atoms with Crippen LogP contribution in [0.4, 0.5) is 0 Å². The van der Waals surface area contributed by atoms with E-state index < -0.39 is 0 Å². The van der Waals surface area contributed by atoms with E-state index in [9.17, 15) is 0 Å². The summed E-state index contributed by atoms with van der Waals surface area (Å²) >= 11 is 7.75. The number of aryl methyl sites for hydroxylation is 1. The van der Waals surface area contributed by atoms with Gasteiger partial charge in [0.05, 0.1) is 11.3 Å². The summed E-state index contributed by atoms with van der Waals surface area (Å²) in [6.07, 6.45) is 2.34. The van der Waals surface area contributed by atoms with E-state index >= 15 is 0 Å². The molecule has 1 atom stereocenters. The number of thiophene rings is 1. The van der Waals surface area contributed by atoms with E-state index in [1.165, 1.54) is 0 Å². The van der Waals surface area contributed by atoms with Crippen LogP contribution in [0.15, 0.2) is 28.2 Å². The molecule has 2 aromatic heterocycles. The number of halogens is 1. The van der Waals surface area contributed by atoms with Gasteiger partial charge in [0.1, 0.15) is 5.76 Å². The van der Waals surface area contributed by atoms with Crippen LogP contribution in [-0.4, -0.2) is 0 Å². The molecule has 2 nitrogen and oxygen atoms in total. The summed E-state index contributed by atoms with van der Waals surface area (Å²) in [5.74, 6) is 0.893. The molecule has 0 spiro atoms. The van der Waals surface area contributed by atoms with Gasteiger partial charge in [0.15, 0.2) is 0 Å². The molecule has 0 aliphatic carbocycles. The molecule has 0 saturated carbocycles. The Labute approximate surface area is 97.7 Å². The summed E-state index contributed by atoms with van der Waals surface area (Å²) in [6, 6.07) is 3.71. The lowest BCUT2D eigenvalue weighted by Gasteiger charge is -2.08. The number of furan rings is 1. The van der Waals surface area contributed by atoms with Crippen molar-refractivity contribution in [3.8, 4) is 0 Å². The molecule has 0 saturated heterocycles. The van der Waals surface area contributed by atoms with Gasteiger partial charge in [-0.1, -0.05) is 11.6 Å². The van der Waals surface area contributed by atoms with E-state index in [0.29, 0.717) is 6.42 Å². The Hall–Kier alpha value is -0.770. The molecule has 0 aliphatic rings. The number of nitrogens with two attached hydrogens (primary N) is 1. The van der Waals surface area contributed by atoms with E-state index in [1.54, 1.807) is 17.6 Å².